The largest absolute Gasteiger partial charge is 0.386 e. The standard InChI is InChI=1S/C35H48N2P/c1-26-10-16-31(17-11-26)38(32-18-12-27(2)13-19-32,33-20-14-28(3)15-21-33)23-22-29(4)36-30-24-34(5,6)37(9)35(7,8)25-30/h10-21,30,36H,4,22-25H2,1-3,5-9H3/q+1. The molecule has 0 radical (unpaired) electrons. The third-order valence-corrected chi connectivity index (χ3v) is 13.3. The van der Waals surface area contributed by atoms with Crippen molar-refractivity contribution in [2.24, 2.45) is 0 Å². The quantitative estimate of drug-likeness (QED) is 0.316. The summed E-state index contributed by atoms with van der Waals surface area (Å²) in [6.07, 6.45) is 4.27. The number of piperidine rings is 1. The minimum atomic E-state index is -1.89. The SMILES string of the molecule is C=C(CC[P+](c1ccc(C)cc1)(c1ccc(C)cc1)c1ccc(C)cc1)NC1CC(C)(C)N(C)C(C)(C)C1. The summed E-state index contributed by atoms with van der Waals surface area (Å²) in [5, 5.41) is 8.25. The number of hydrogen-bond acceptors (Lipinski definition) is 2. The zero-order valence-electron chi connectivity index (χ0n) is 24.9. The van der Waals surface area contributed by atoms with Crippen LogP contribution in [0.25, 0.3) is 0 Å². The average Bonchev–Trinajstić information content (AvgIpc) is 2.85. The second-order valence-corrected chi connectivity index (χ2v) is 16.4. The number of aryl methyl sites for hydroxylation is 3. The van der Waals surface area contributed by atoms with Gasteiger partial charge in [-0.15, -0.1) is 0 Å². The van der Waals surface area contributed by atoms with Gasteiger partial charge in [-0.2, -0.15) is 0 Å². The molecule has 0 aliphatic carbocycles. The maximum absolute atomic E-state index is 4.58. The summed E-state index contributed by atoms with van der Waals surface area (Å²) in [7, 11) is 0.382. The van der Waals surface area contributed by atoms with Crippen LogP contribution in [0.1, 0.15) is 63.6 Å². The lowest BCUT2D eigenvalue weighted by molar-refractivity contribution is -0.0163. The van der Waals surface area contributed by atoms with E-state index < -0.39 is 7.26 Å². The molecule has 2 nitrogen and oxygen atoms in total. The van der Waals surface area contributed by atoms with Crippen LogP contribution < -0.4 is 21.2 Å². The molecule has 0 amide bonds. The first kappa shape index (κ1) is 28.6. The van der Waals surface area contributed by atoms with Crippen LogP contribution in [-0.4, -0.2) is 35.2 Å². The molecule has 0 saturated carbocycles. The van der Waals surface area contributed by atoms with Crippen molar-refractivity contribution >= 4 is 23.2 Å². The maximum atomic E-state index is 4.58. The molecule has 3 aromatic rings. The van der Waals surface area contributed by atoms with Crippen LogP contribution in [-0.2, 0) is 0 Å². The van der Waals surface area contributed by atoms with Gasteiger partial charge in [-0.25, -0.2) is 0 Å². The molecule has 3 aromatic carbocycles. The Kier molecular flexibility index (Phi) is 8.27. The fourth-order valence-electron chi connectivity index (χ4n) is 6.37. The van der Waals surface area contributed by atoms with E-state index in [-0.39, 0.29) is 11.1 Å². The third kappa shape index (κ3) is 5.93. The monoisotopic (exact) mass is 527 g/mol. The van der Waals surface area contributed by atoms with Gasteiger partial charge in [-0.3, -0.25) is 4.90 Å². The van der Waals surface area contributed by atoms with Gasteiger partial charge in [0.05, 0.1) is 6.16 Å². The summed E-state index contributed by atoms with van der Waals surface area (Å²) in [5.41, 5.74) is 5.39. The molecular weight excluding hydrogens is 479 g/mol. The van der Waals surface area contributed by atoms with Gasteiger partial charge in [-0.1, -0.05) is 59.7 Å². The summed E-state index contributed by atoms with van der Waals surface area (Å²) in [5.74, 6) is 0. The molecule has 1 heterocycles. The molecule has 38 heavy (non-hydrogen) atoms. The summed E-state index contributed by atoms with van der Waals surface area (Å²) in [6.45, 7) is 20.6. The highest BCUT2D eigenvalue weighted by Gasteiger charge is 2.46. The highest BCUT2D eigenvalue weighted by Crippen LogP contribution is 2.56. The zero-order valence-corrected chi connectivity index (χ0v) is 25.8. The van der Waals surface area contributed by atoms with E-state index >= 15 is 0 Å². The first-order valence-corrected chi connectivity index (χ1v) is 16.1. The topological polar surface area (TPSA) is 15.3 Å². The van der Waals surface area contributed by atoms with E-state index in [9.17, 15) is 0 Å². The fourth-order valence-corrected chi connectivity index (χ4v) is 10.6. The molecule has 0 spiro atoms. The van der Waals surface area contributed by atoms with Crippen molar-refractivity contribution in [1.82, 2.24) is 10.2 Å². The van der Waals surface area contributed by atoms with Crippen LogP contribution >= 0.6 is 7.26 Å². The predicted molar refractivity (Wildman–Crippen MR) is 170 cm³/mol. The van der Waals surface area contributed by atoms with Crippen molar-refractivity contribution in [2.75, 3.05) is 13.2 Å². The van der Waals surface area contributed by atoms with E-state index in [1.165, 1.54) is 38.3 Å². The van der Waals surface area contributed by atoms with Crippen LogP contribution in [0.15, 0.2) is 85.1 Å². The molecule has 0 bridgehead atoms. The van der Waals surface area contributed by atoms with Gasteiger partial charge in [-0.05, 0) is 105 Å². The first-order chi connectivity index (χ1) is 17.8. The van der Waals surface area contributed by atoms with Crippen LogP contribution in [0.5, 0.6) is 0 Å². The fraction of sp³-hybridized carbons (Fsp3) is 0.429. The van der Waals surface area contributed by atoms with Crippen LogP contribution in [0.3, 0.4) is 0 Å². The van der Waals surface area contributed by atoms with Gasteiger partial charge >= 0.3 is 0 Å². The number of rotatable bonds is 8. The first-order valence-electron chi connectivity index (χ1n) is 14.1. The normalized spacial score (nSPS) is 17.8. The molecule has 1 aliphatic rings. The molecular formula is C35H48N2P+. The Bertz CT molecular complexity index is 1110. The lowest BCUT2D eigenvalue weighted by Crippen LogP contribution is -2.62. The van der Waals surface area contributed by atoms with Gasteiger partial charge < -0.3 is 5.32 Å². The maximum Gasteiger partial charge on any atom is 0.112 e. The summed E-state index contributed by atoms with van der Waals surface area (Å²) < 4.78 is 0. The number of hydrogen-bond donors (Lipinski definition) is 1. The molecule has 0 atom stereocenters. The second kappa shape index (κ2) is 11.0. The minimum absolute atomic E-state index is 0.155. The van der Waals surface area contributed by atoms with Crippen LogP contribution in [0.4, 0.5) is 0 Å². The van der Waals surface area contributed by atoms with Crippen molar-refractivity contribution in [3.8, 4) is 0 Å². The average molecular weight is 528 g/mol. The Morgan fingerprint density at radius 3 is 1.42 bits per heavy atom. The van der Waals surface area contributed by atoms with E-state index in [4.69, 9.17) is 0 Å². The molecule has 202 valence electrons. The second-order valence-electron chi connectivity index (χ2n) is 12.8. The van der Waals surface area contributed by atoms with E-state index in [1.807, 2.05) is 0 Å². The van der Waals surface area contributed by atoms with E-state index in [1.54, 1.807) is 0 Å². The predicted octanol–water partition coefficient (Wildman–Crippen LogP) is 7.05. The summed E-state index contributed by atoms with van der Waals surface area (Å²) >= 11 is 0. The number of benzene rings is 3. The Hall–Kier alpha value is -2.41. The Balaban J connectivity index is 1.69. The lowest BCUT2D eigenvalue weighted by atomic mass is 9.77. The zero-order chi connectivity index (χ0) is 27.7. The number of likely N-dealkylation sites (tertiary alicyclic amines) is 1. The Morgan fingerprint density at radius 2 is 1.08 bits per heavy atom. The van der Waals surface area contributed by atoms with Gasteiger partial charge in [0.15, 0.2) is 0 Å². The van der Waals surface area contributed by atoms with Gasteiger partial charge in [0, 0.05) is 29.2 Å². The highest BCUT2D eigenvalue weighted by molar-refractivity contribution is 7.95. The van der Waals surface area contributed by atoms with E-state index in [0.29, 0.717) is 6.04 Å². The molecule has 1 saturated heterocycles. The third-order valence-electron chi connectivity index (χ3n) is 8.89. The van der Waals surface area contributed by atoms with E-state index in [0.717, 1.165) is 25.4 Å². The Morgan fingerprint density at radius 1 is 0.737 bits per heavy atom. The van der Waals surface area contributed by atoms with Crippen LogP contribution in [0, 0.1) is 20.8 Å². The van der Waals surface area contributed by atoms with Crippen molar-refractivity contribution < 1.29 is 0 Å². The highest BCUT2D eigenvalue weighted by atomic mass is 31.2. The van der Waals surface area contributed by atoms with Gasteiger partial charge in [0.2, 0.25) is 0 Å². The number of allylic oxidation sites excluding steroid dienone is 1. The molecule has 1 N–H and O–H groups in total. The summed E-state index contributed by atoms with van der Waals surface area (Å²) in [4.78, 5) is 2.55. The molecule has 3 heteroatoms. The number of nitrogens with zero attached hydrogens (tertiary/aromatic N) is 1. The van der Waals surface area contributed by atoms with Crippen molar-refractivity contribution in [3.63, 3.8) is 0 Å². The van der Waals surface area contributed by atoms with Gasteiger partial charge in [0.25, 0.3) is 0 Å². The molecule has 0 aromatic heterocycles. The van der Waals surface area contributed by atoms with Gasteiger partial charge in [0.1, 0.15) is 23.2 Å². The minimum Gasteiger partial charge on any atom is -0.386 e. The molecule has 0 unspecified atom stereocenters. The smallest absolute Gasteiger partial charge is 0.112 e. The molecule has 1 fully saturated rings. The molecule has 1 aliphatic heterocycles. The van der Waals surface area contributed by atoms with Crippen LogP contribution in [0.2, 0.25) is 0 Å². The Labute approximate surface area is 232 Å². The number of nitrogens with one attached hydrogen (secondary N) is 1. The van der Waals surface area contributed by atoms with Crippen molar-refractivity contribution in [2.45, 2.75) is 84.8 Å². The summed E-state index contributed by atoms with van der Waals surface area (Å²) in [6, 6.07) is 28.4. The van der Waals surface area contributed by atoms with Crippen molar-refractivity contribution in [1.29, 1.82) is 0 Å². The lowest BCUT2D eigenvalue weighted by Gasteiger charge is -2.54. The van der Waals surface area contributed by atoms with E-state index in [2.05, 4.69) is 145 Å². The molecule has 4 rings (SSSR count). The van der Waals surface area contributed by atoms with Crippen molar-refractivity contribution in [3.05, 3.63) is 102 Å².